The topological polar surface area (TPSA) is 54.2 Å². The summed E-state index contributed by atoms with van der Waals surface area (Å²) in [5.41, 5.74) is 2.16. The first kappa shape index (κ1) is 13.7. The molecule has 0 spiro atoms. The third kappa shape index (κ3) is 3.08. The number of nitrogens with one attached hydrogen (secondary N) is 1. The second-order valence-electron chi connectivity index (χ2n) is 5.02. The molecule has 1 aromatic carbocycles. The molecule has 1 saturated heterocycles. The summed E-state index contributed by atoms with van der Waals surface area (Å²) in [7, 11) is 0. The van der Waals surface area contributed by atoms with Gasteiger partial charge < -0.3 is 9.84 Å². The van der Waals surface area contributed by atoms with Gasteiger partial charge in [-0.25, -0.2) is 0 Å². The van der Waals surface area contributed by atoms with Crippen molar-refractivity contribution in [1.82, 2.24) is 20.4 Å². The van der Waals surface area contributed by atoms with Crippen LogP contribution < -0.4 is 5.32 Å². The summed E-state index contributed by atoms with van der Waals surface area (Å²) in [5, 5.41) is 7.41. The lowest BCUT2D eigenvalue weighted by molar-refractivity contribution is 0.203. The molecule has 2 heterocycles. The van der Waals surface area contributed by atoms with Crippen molar-refractivity contribution in [2.75, 3.05) is 26.2 Å². The molecule has 0 amide bonds. The molecule has 1 aliphatic rings. The van der Waals surface area contributed by atoms with E-state index in [1.807, 2.05) is 12.1 Å². The van der Waals surface area contributed by atoms with Crippen molar-refractivity contribution in [2.45, 2.75) is 13.5 Å². The largest absolute Gasteiger partial charge is 0.338 e. The Balaban J connectivity index is 1.75. The van der Waals surface area contributed by atoms with E-state index in [1.54, 1.807) is 0 Å². The molecule has 6 heteroatoms. The van der Waals surface area contributed by atoms with Crippen LogP contribution in [0.4, 0.5) is 0 Å². The van der Waals surface area contributed by atoms with Crippen molar-refractivity contribution in [1.29, 1.82) is 0 Å². The normalized spacial score (nSPS) is 16.5. The average molecular weight is 337 g/mol. The van der Waals surface area contributed by atoms with Crippen LogP contribution in [0.1, 0.15) is 11.5 Å². The van der Waals surface area contributed by atoms with Gasteiger partial charge in [0.15, 0.2) is 0 Å². The second kappa shape index (κ2) is 6.03. The third-order valence-corrected chi connectivity index (χ3v) is 4.06. The summed E-state index contributed by atoms with van der Waals surface area (Å²) in [4.78, 5) is 6.81. The lowest BCUT2D eigenvalue weighted by Gasteiger charge is -2.25. The molecule has 20 heavy (non-hydrogen) atoms. The Morgan fingerprint density at radius 1 is 1.35 bits per heavy atom. The van der Waals surface area contributed by atoms with Crippen molar-refractivity contribution in [3.8, 4) is 11.4 Å². The van der Waals surface area contributed by atoms with Gasteiger partial charge in [0.1, 0.15) is 0 Å². The zero-order chi connectivity index (χ0) is 13.9. The van der Waals surface area contributed by atoms with Crippen LogP contribution in [0.2, 0.25) is 0 Å². The van der Waals surface area contributed by atoms with Crippen molar-refractivity contribution in [3.63, 3.8) is 0 Å². The zero-order valence-electron chi connectivity index (χ0n) is 11.4. The Kier molecular flexibility index (Phi) is 4.14. The first-order chi connectivity index (χ1) is 9.72. The molecular formula is C14H17BrN4O. The number of rotatable bonds is 3. The number of benzene rings is 1. The maximum atomic E-state index is 5.36. The van der Waals surface area contributed by atoms with Crippen LogP contribution >= 0.6 is 15.9 Å². The fourth-order valence-corrected chi connectivity index (χ4v) is 2.96. The van der Waals surface area contributed by atoms with Crippen molar-refractivity contribution in [2.24, 2.45) is 0 Å². The van der Waals surface area contributed by atoms with E-state index >= 15 is 0 Å². The molecule has 0 unspecified atom stereocenters. The lowest BCUT2D eigenvalue weighted by atomic mass is 10.1. The highest BCUT2D eigenvalue weighted by atomic mass is 79.9. The predicted molar refractivity (Wildman–Crippen MR) is 80.3 cm³/mol. The Bertz CT molecular complexity index is 593. The number of hydrogen-bond donors (Lipinski definition) is 1. The van der Waals surface area contributed by atoms with E-state index in [2.05, 4.69) is 49.3 Å². The van der Waals surface area contributed by atoms with Gasteiger partial charge in [-0.2, -0.15) is 4.98 Å². The van der Waals surface area contributed by atoms with Gasteiger partial charge in [-0.15, -0.1) is 0 Å². The highest BCUT2D eigenvalue weighted by Gasteiger charge is 2.16. The van der Waals surface area contributed by atoms with Crippen LogP contribution in [-0.4, -0.2) is 41.2 Å². The molecule has 1 aromatic heterocycles. The number of piperazine rings is 1. The van der Waals surface area contributed by atoms with Gasteiger partial charge in [0.05, 0.1) is 6.54 Å². The summed E-state index contributed by atoms with van der Waals surface area (Å²) < 4.78 is 6.36. The third-order valence-electron chi connectivity index (χ3n) is 3.40. The molecule has 1 aliphatic heterocycles. The van der Waals surface area contributed by atoms with Crippen molar-refractivity contribution < 1.29 is 4.52 Å². The van der Waals surface area contributed by atoms with E-state index in [4.69, 9.17) is 4.52 Å². The number of aryl methyl sites for hydroxylation is 1. The molecule has 5 nitrogen and oxygen atoms in total. The summed E-state index contributed by atoms with van der Waals surface area (Å²) in [5.74, 6) is 1.32. The van der Waals surface area contributed by atoms with Gasteiger partial charge >= 0.3 is 0 Å². The summed E-state index contributed by atoms with van der Waals surface area (Å²) >= 11 is 3.55. The molecule has 1 fully saturated rings. The summed E-state index contributed by atoms with van der Waals surface area (Å²) in [6.45, 7) is 6.85. The van der Waals surface area contributed by atoms with Crippen LogP contribution in [0.3, 0.4) is 0 Å². The van der Waals surface area contributed by atoms with E-state index in [0.717, 1.165) is 42.8 Å². The number of halogens is 1. The van der Waals surface area contributed by atoms with E-state index < -0.39 is 0 Å². The standard InChI is InChI=1S/C14H17BrN4O/c1-10-2-3-11(12(15)8-10)14-17-13(20-18-14)9-19-6-4-16-5-7-19/h2-3,8,16H,4-7,9H2,1H3. The molecule has 106 valence electrons. The van der Waals surface area contributed by atoms with Gasteiger partial charge in [-0.05, 0) is 24.6 Å². The molecule has 0 aliphatic carbocycles. The molecule has 0 bridgehead atoms. The van der Waals surface area contributed by atoms with Gasteiger partial charge in [-0.1, -0.05) is 27.2 Å². The van der Waals surface area contributed by atoms with Gasteiger partial charge in [0, 0.05) is 36.2 Å². The average Bonchev–Trinajstić information content (AvgIpc) is 2.88. The SMILES string of the molecule is Cc1ccc(-c2noc(CN3CCNCC3)n2)c(Br)c1. The molecule has 0 atom stereocenters. The first-order valence-electron chi connectivity index (χ1n) is 6.74. The Hall–Kier alpha value is -1.24. The smallest absolute Gasteiger partial charge is 0.241 e. The molecule has 3 rings (SSSR count). The fourth-order valence-electron chi connectivity index (χ4n) is 2.29. The number of aromatic nitrogens is 2. The van der Waals surface area contributed by atoms with Gasteiger partial charge in [0.25, 0.3) is 0 Å². The van der Waals surface area contributed by atoms with Crippen LogP contribution in [0.15, 0.2) is 27.2 Å². The summed E-state index contributed by atoms with van der Waals surface area (Å²) in [6, 6.07) is 6.12. The van der Waals surface area contributed by atoms with E-state index in [9.17, 15) is 0 Å². The Labute approximate surface area is 126 Å². The molecule has 1 N–H and O–H groups in total. The highest BCUT2D eigenvalue weighted by Crippen LogP contribution is 2.27. The van der Waals surface area contributed by atoms with Crippen LogP contribution in [0, 0.1) is 6.92 Å². The monoisotopic (exact) mass is 336 g/mol. The predicted octanol–water partition coefficient (Wildman–Crippen LogP) is 2.21. The van der Waals surface area contributed by atoms with Gasteiger partial charge in [-0.3, -0.25) is 4.90 Å². The molecule has 0 saturated carbocycles. The molecule has 0 radical (unpaired) electrons. The minimum atomic E-state index is 0.641. The summed E-state index contributed by atoms with van der Waals surface area (Å²) in [6.07, 6.45) is 0. The lowest BCUT2D eigenvalue weighted by Crippen LogP contribution is -2.42. The maximum absolute atomic E-state index is 5.36. The maximum Gasteiger partial charge on any atom is 0.241 e. The Morgan fingerprint density at radius 2 is 2.15 bits per heavy atom. The number of nitrogens with zero attached hydrogens (tertiary/aromatic N) is 3. The van der Waals surface area contributed by atoms with Crippen LogP contribution in [-0.2, 0) is 6.54 Å². The first-order valence-corrected chi connectivity index (χ1v) is 7.54. The highest BCUT2D eigenvalue weighted by molar-refractivity contribution is 9.10. The van der Waals surface area contributed by atoms with E-state index in [0.29, 0.717) is 11.7 Å². The van der Waals surface area contributed by atoms with Gasteiger partial charge in [0.2, 0.25) is 11.7 Å². The van der Waals surface area contributed by atoms with E-state index in [1.165, 1.54) is 5.56 Å². The molecular weight excluding hydrogens is 320 g/mol. The quantitative estimate of drug-likeness (QED) is 0.931. The van der Waals surface area contributed by atoms with Crippen molar-refractivity contribution >= 4 is 15.9 Å². The zero-order valence-corrected chi connectivity index (χ0v) is 13.0. The number of hydrogen-bond acceptors (Lipinski definition) is 5. The van der Waals surface area contributed by atoms with Crippen LogP contribution in [0.25, 0.3) is 11.4 Å². The van der Waals surface area contributed by atoms with E-state index in [-0.39, 0.29) is 0 Å². The second-order valence-corrected chi connectivity index (χ2v) is 5.88. The van der Waals surface area contributed by atoms with Crippen LogP contribution in [0.5, 0.6) is 0 Å². The van der Waals surface area contributed by atoms with Crippen molar-refractivity contribution in [3.05, 3.63) is 34.1 Å². The fraction of sp³-hybridized carbons (Fsp3) is 0.429. The minimum Gasteiger partial charge on any atom is -0.338 e. The Morgan fingerprint density at radius 3 is 2.90 bits per heavy atom. The molecule has 2 aromatic rings. The minimum absolute atomic E-state index is 0.641.